The minimum Gasteiger partial charge on any atom is -0.370 e. The Labute approximate surface area is 122 Å². The molecule has 2 N–H and O–H groups in total. The molecule has 0 unspecified atom stereocenters. The van der Waals surface area contributed by atoms with Gasteiger partial charge in [-0.3, -0.25) is 4.90 Å². The van der Waals surface area contributed by atoms with Gasteiger partial charge in [0.15, 0.2) is 5.96 Å². The molecule has 4 heteroatoms. The third-order valence-electron chi connectivity index (χ3n) is 3.40. The number of hydrogen-bond donors (Lipinski definition) is 1. The Bertz CT molecular complexity index is 439. The summed E-state index contributed by atoms with van der Waals surface area (Å²) in [5.41, 5.74) is 7.36. The average molecular weight is 274 g/mol. The zero-order valence-corrected chi connectivity index (χ0v) is 12.8. The molecule has 0 aromatic heterocycles. The van der Waals surface area contributed by atoms with Crippen molar-refractivity contribution in [1.29, 1.82) is 0 Å². The van der Waals surface area contributed by atoms with Gasteiger partial charge in [0.25, 0.3) is 0 Å². The van der Waals surface area contributed by atoms with E-state index in [0.717, 1.165) is 32.7 Å². The minimum absolute atomic E-state index is 0.106. The fraction of sp³-hybridized carbons (Fsp3) is 0.562. The van der Waals surface area contributed by atoms with Crippen LogP contribution < -0.4 is 5.73 Å². The standard InChI is InChI=1S/C16H26N4/c1-16(2,3)18-15(17)20-11-9-19(10-12-20)13-14-7-5-4-6-8-14/h4-8H,9-13H2,1-3H3,(H2,17,18). The molecule has 0 amide bonds. The van der Waals surface area contributed by atoms with E-state index >= 15 is 0 Å². The number of rotatable bonds is 2. The number of hydrogen-bond acceptors (Lipinski definition) is 2. The van der Waals surface area contributed by atoms with E-state index in [9.17, 15) is 0 Å². The van der Waals surface area contributed by atoms with Crippen LogP contribution in [0.4, 0.5) is 0 Å². The lowest BCUT2D eigenvalue weighted by molar-refractivity contribution is 0.173. The van der Waals surface area contributed by atoms with Crippen molar-refractivity contribution in [3.05, 3.63) is 35.9 Å². The third kappa shape index (κ3) is 4.53. The summed E-state index contributed by atoms with van der Waals surface area (Å²) >= 11 is 0. The maximum atomic E-state index is 6.09. The van der Waals surface area contributed by atoms with Crippen molar-refractivity contribution in [3.8, 4) is 0 Å². The summed E-state index contributed by atoms with van der Waals surface area (Å²) in [4.78, 5) is 9.20. The molecule has 0 aliphatic carbocycles. The maximum Gasteiger partial charge on any atom is 0.191 e. The average Bonchev–Trinajstić information content (AvgIpc) is 2.39. The Hall–Kier alpha value is -1.55. The minimum atomic E-state index is -0.106. The van der Waals surface area contributed by atoms with Gasteiger partial charge in [-0.25, -0.2) is 4.99 Å². The van der Waals surface area contributed by atoms with E-state index in [1.54, 1.807) is 0 Å². The Morgan fingerprint density at radius 1 is 1.10 bits per heavy atom. The topological polar surface area (TPSA) is 44.9 Å². The van der Waals surface area contributed by atoms with Crippen LogP contribution in [-0.4, -0.2) is 47.5 Å². The van der Waals surface area contributed by atoms with Crippen molar-refractivity contribution in [2.45, 2.75) is 32.9 Å². The molecule has 4 nitrogen and oxygen atoms in total. The molecular weight excluding hydrogens is 248 g/mol. The number of guanidine groups is 1. The van der Waals surface area contributed by atoms with Crippen molar-refractivity contribution in [1.82, 2.24) is 9.80 Å². The Balaban J connectivity index is 1.85. The highest BCUT2D eigenvalue weighted by atomic mass is 15.3. The van der Waals surface area contributed by atoms with Crippen molar-refractivity contribution >= 4 is 5.96 Å². The summed E-state index contributed by atoms with van der Waals surface area (Å²) in [6.45, 7) is 11.2. The molecule has 1 fully saturated rings. The number of nitrogens with two attached hydrogens (primary N) is 1. The van der Waals surface area contributed by atoms with Crippen LogP contribution in [0.5, 0.6) is 0 Å². The van der Waals surface area contributed by atoms with Crippen LogP contribution in [0.3, 0.4) is 0 Å². The molecule has 1 aromatic carbocycles. The second kappa shape index (κ2) is 6.27. The summed E-state index contributed by atoms with van der Waals surface area (Å²) < 4.78 is 0. The monoisotopic (exact) mass is 274 g/mol. The van der Waals surface area contributed by atoms with Crippen LogP contribution in [0.25, 0.3) is 0 Å². The number of nitrogens with zero attached hydrogens (tertiary/aromatic N) is 3. The number of aliphatic imine (C=N–C) groups is 1. The smallest absolute Gasteiger partial charge is 0.191 e. The van der Waals surface area contributed by atoms with E-state index in [0.29, 0.717) is 5.96 Å². The molecule has 0 atom stereocenters. The normalized spacial score (nSPS) is 18.4. The summed E-state index contributed by atoms with van der Waals surface area (Å²) in [5.74, 6) is 0.678. The van der Waals surface area contributed by atoms with E-state index in [1.807, 2.05) is 0 Å². The first kappa shape index (κ1) is 14.9. The SMILES string of the molecule is CC(C)(C)N=C(N)N1CCN(Cc2ccccc2)CC1. The van der Waals surface area contributed by atoms with Gasteiger partial charge >= 0.3 is 0 Å². The van der Waals surface area contributed by atoms with E-state index in [4.69, 9.17) is 5.73 Å². The molecule has 0 saturated carbocycles. The second-order valence-corrected chi connectivity index (χ2v) is 6.39. The van der Waals surface area contributed by atoms with Crippen LogP contribution in [0.2, 0.25) is 0 Å². The highest BCUT2D eigenvalue weighted by Gasteiger charge is 2.19. The molecule has 1 aliphatic rings. The first-order chi connectivity index (χ1) is 9.44. The van der Waals surface area contributed by atoms with Gasteiger partial charge in [-0.05, 0) is 26.3 Å². The Kier molecular flexibility index (Phi) is 4.65. The molecule has 0 radical (unpaired) electrons. The van der Waals surface area contributed by atoms with E-state index < -0.39 is 0 Å². The van der Waals surface area contributed by atoms with Gasteiger partial charge in [-0.1, -0.05) is 30.3 Å². The Morgan fingerprint density at radius 3 is 2.25 bits per heavy atom. The van der Waals surface area contributed by atoms with E-state index in [1.165, 1.54) is 5.56 Å². The molecule has 20 heavy (non-hydrogen) atoms. The molecular formula is C16H26N4. The van der Waals surface area contributed by atoms with E-state index in [2.05, 4.69) is 65.9 Å². The van der Waals surface area contributed by atoms with Crippen molar-refractivity contribution in [2.75, 3.05) is 26.2 Å². The van der Waals surface area contributed by atoms with Crippen molar-refractivity contribution in [3.63, 3.8) is 0 Å². The fourth-order valence-electron chi connectivity index (χ4n) is 2.39. The highest BCUT2D eigenvalue weighted by molar-refractivity contribution is 5.78. The van der Waals surface area contributed by atoms with E-state index in [-0.39, 0.29) is 5.54 Å². The lowest BCUT2D eigenvalue weighted by Crippen LogP contribution is -2.51. The highest BCUT2D eigenvalue weighted by Crippen LogP contribution is 2.10. The summed E-state index contributed by atoms with van der Waals surface area (Å²) in [6.07, 6.45) is 0. The van der Waals surface area contributed by atoms with Crippen molar-refractivity contribution < 1.29 is 0 Å². The lowest BCUT2D eigenvalue weighted by atomic mass is 10.1. The van der Waals surface area contributed by atoms with Gasteiger partial charge in [0.2, 0.25) is 0 Å². The molecule has 1 heterocycles. The largest absolute Gasteiger partial charge is 0.370 e. The lowest BCUT2D eigenvalue weighted by Gasteiger charge is -2.36. The third-order valence-corrected chi connectivity index (χ3v) is 3.40. The first-order valence-electron chi connectivity index (χ1n) is 7.30. The predicted octanol–water partition coefficient (Wildman–Crippen LogP) is 1.92. The van der Waals surface area contributed by atoms with Gasteiger partial charge in [-0.15, -0.1) is 0 Å². The molecule has 1 aromatic rings. The zero-order valence-electron chi connectivity index (χ0n) is 12.8. The maximum absolute atomic E-state index is 6.09. The van der Waals surface area contributed by atoms with Gasteiger partial charge in [0.1, 0.15) is 0 Å². The second-order valence-electron chi connectivity index (χ2n) is 6.39. The number of benzene rings is 1. The van der Waals surface area contributed by atoms with Crippen LogP contribution in [0.1, 0.15) is 26.3 Å². The van der Waals surface area contributed by atoms with Gasteiger partial charge in [0.05, 0.1) is 5.54 Å². The van der Waals surface area contributed by atoms with Crippen molar-refractivity contribution in [2.24, 2.45) is 10.7 Å². The first-order valence-corrected chi connectivity index (χ1v) is 7.30. The zero-order chi connectivity index (χ0) is 14.6. The molecule has 0 bridgehead atoms. The molecule has 110 valence electrons. The van der Waals surface area contributed by atoms with Gasteiger partial charge in [-0.2, -0.15) is 0 Å². The fourth-order valence-corrected chi connectivity index (χ4v) is 2.39. The summed E-state index contributed by atoms with van der Waals surface area (Å²) in [5, 5.41) is 0. The summed E-state index contributed by atoms with van der Waals surface area (Å²) in [7, 11) is 0. The van der Waals surface area contributed by atoms with Gasteiger partial charge < -0.3 is 10.6 Å². The molecule has 2 rings (SSSR count). The quantitative estimate of drug-likeness (QED) is 0.662. The molecule has 1 saturated heterocycles. The number of piperazine rings is 1. The molecule has 1 aliphatic heterocycles. The van der Waals surface area contributed by atoms with Crippen LogP contribution >= 0.6 is 0 Å². The van der Waals surface area contributed by atoms with Gasteiger partial charge in [0, 0.05) is 32.7 Å². The Morgan fingerprint density at radius 2 is 1.70 bits per heavy atom. The van der Waals surface area contributed by atoms with Crippen LogP contribution in [-0.2, 0) is 6.54 Å². The summed E-state index contributed by atoms with van der Waals surface area (Å²) in [6, 6.07) is 10.6. The predicted molar refractivity (Wildman–Crippen MR) is 84.7 cm³/mol. The van der Waals surface area contributed by atoms with Crippen LogP contribution in [0, 0.1) is 0 Å². The van der Waals surface area contributed by atoms with Crippen LogP contribution in [0.15, 0.2) is 35.3 Å². The molecule has 0 spiro atoms.